The summed E-state index contributed by atoms with van der Waals surface area (Å²) in [5, 5.41) is 10.0. The van der Waals surface area contributed by atoms with Gasteiger partial charge in [-0.15, -0.1) is 0 Å². The van der Waals surface area contributed by atoms with Gasteiger partial charge in [-0.25, -0.2) is 0 Å². The Labute approximate surface area is 134 Å². The van der Waals surface area contributed by atoms with E-state index in [0.717, 1.165) is 17.8 Å². The highest BCUT2D eigenvalue weighted by atomic mass is 15.0. The van der Waals surface area contributed by atoms with E-state index < -0.39 is 0 Å². The summed E-state index contributed by atoms with van der Waals surface area (Å²) < 4.78 is 0. The molecular formula is C15H34B3N3. The van der Waals surface area contributed by atoms with Gasteiger partial charge in [-0.1, -0.05) is 73.1 Å². The van der Waals surface area contributed by atoms with Gasteiger partial charge in [-0.2, -0.15) is 0 Å². The molecule has 1 heterocycles. The van der Waals surface area contributed by atoms with Gasteiger partial charge in [0, 0.05) is 0 Å². The third-order valence-electron chi connectivity index (χ3n) is 5.65. The second-order valence-electron chi connectivity index (χ2n) is 6.63. The molecule has 6 heteroatoms. The SMILES string of the molecule is CCC(CC)CCC(B1N[B]N[B]N1)C(C)C(CC)CC. The fourth-order valence-corrected chi connectivity index (χ4v) is 3.85. The zero-order chi connectivity index (χ0) is 15.7. The molecule has 0 aromatic rings. The molecule has 118 valence electrons. The zero-order valence-corrected chi connectivity index (χ0v) is 14.8. The van der Waals surface area contributed by atoms with Crippen LogP contribution in [-0.2, 0) is 0 Å². The molecule has 2 atom stereocenters. The summed E-state index contributed by atoms with van der Waals surface area (Å²) in [5.74, 6) is 3.15. The molecule has 0 aliphatic carbocycles. The summed E-state index contributed by atoms with van der Waals surface area (Å²) >= 11 is 0. The van der Waals surface area contributed by atoms with E-state index in [0.29, 0.717) is 12.8 Å². The van der Waals surface area contributed by atoms with Crippen molar-refractivity contribution in [2.45, 2.75) is 79.0 Å². The van der Waals surface area contributed by atoms with E-state index in [1.165, 1.54) is 38.5 Å². The Kier molecular flexibility index (Phi) is 9.78. The molecule has 21 heavy (non-hydrogen) atoms. The van der Waals surface area contributed by atoms with Crippen LogP contribution >= 0.6 is 0 Å². The molecule has 0 aromatic heterocycles. The fourth-order valence-electron chi connectivity index (χ4n) is 3.85. The third kappa shape index (κ3) is 6.00. The Bertz CT molecular complexity index is 255. The second kappa shape index (κ2) is 10.7. The van der Waals surface area contributed by atoms with E-state index in [2.05, 4.69) is 50.0 Å². The molecule has 0 bridgehead atoms. The number of rotatable bonds is 10. The van der Waals surface area contributed by atoms with Gasteiger partial charge in [0.1, 0.15) is 0 Å². The first-order valence-corrected chi connectivity index (χ1v) is 9.09. The van der Waals surface area contributed by atoms with E-state index in [-0.39, 0.29) is 0 Å². The molecule has 1 fully saturated rings. The molecule has 0 amide bonds. The molecule has 1 aliphatic heterocycles. The molecule has 1 aliphatic rings. The van der Waals surface area contributed by atoms with Crippen LogP contribution in [0.4, 0.5) is 0 Å². The lowest BCUT2D eigenvalue weighted by atomic mass is 9.49. The lowest BCUT2D eigenvalue weighted by Crippen LogP contribution is -2.66. The summed E-state index contributed by atoms with van der Waals surface area (Å²) in [7, 11) is 3.93. The molecule has 0 saturated carbocycles. The van der Waals surface area contributed by atoms with Crippen molar-refractivity contribution < 1.29 is 0 Å². The van der Waals surface area contributed by atoms with Gasteiger partial charge in [-0.3, -0.25) is 0 Å². The van der Waals surface area contributed by atoms with Gasteiger partial charge in [0.25, 0.3) is 22.1 Å². The van der Waals surface area contributed by atoms with Gasteiger partial charge >= 0.3 is 0 Å². The summed E-state index contributed by atoms with van der Waals surface area (Å²) in [5.41, 5.74) is 0. The van der Waals surface area contributed by atoms with Crippen molar-refractivity contribution >= 4 is 22.1 Å². The van der Waals surface area contributed by atoms with E-state index in [1.807, 2.05) is 15.1 Å². The Morgan fingerprint density at radius 2 is 1.43 bits per heavy atom. The van der Waals surface area contributed by atoms with Gasteiger partial charge in [0.15, 0.2) is 0 Å². The Balaban J connectivity index is 2.68. The van der Waals surface area contributed by atoms with E-state index in [1.54, 1.807) is 0 Å². The van der Waals surface area contributed by atoms with Crippen LogP contribution in [0.2, 0.25) is 5.82 Å². The van der Waals surface area contributed by atoms with Crippen LogP contribution in [0.1, 0.15) is 73.1 Å². The summed E-state index contributed by atoms with van der Waals surface area (Å²) in [6, 6.07) is 0. The molecule has 1 rings (SSSR count). The van der Waals surface area contributed by atoms with Crippen LogP contribution in [0.15, 0.2) is 0 Å². The van der Waals surface area contributed by atoms with Crippen LogP contribution in [0, 0.1) is 17.8 Å². The van der Waals surface area contributed by atoms with Crippen molar-refractivity contribution in [1.82, 2.24) is 15.4 Å². The van der Waals surface area contributed by atoms with Crippen LogP contribution in [-0.4, -0.2) is 22.1 Å². The van der Waals surface area contributed by atoms with Crippen LogP contribution < -0.4 is 15.4 Å². The quantitative estimate of drug-likeness (QED) is 0.541. The molecule has 2 radical (unpaired) electrons. The Hall–Kier alpha value is 0.0748. The molecule has 2 unspecified atom stereocenters. The highest BCUT2D eigenvalue weighted by Crippen LogP contribution is 2.36. The highest BCUT2D eigenvalue weighted by Gasteiger charge is 2.34. The van der Waals surface area contributed by atoms with Gasteiger partial charge in [0.2, 0.25) is 0 Å². The lowest BCUT2D eigenvalue weighted by molar-refractivity contribution is 0.293. The van der Waals surface area contributed by atoms with E-state index in [9.17, 15) is 0 Å². The molecule has 1 saturated heterocycles. The third-order valence-corrected chi connectivity index (χ3v) is 5.65. The maximum absolute atomic E-state index is 3.48. The van der Waals surface area contributed by atoms with Crippen molar-refractivity contribution in [3.8, 4) is 0 Å². The minimum atomic E-state index is 0.371. The predicted octanol–water partition coefficient (Wildman–Crippen LogP) is 2.98. The Morgan fingerprint density at radius 1 is 0.857 bits per heavy atom. The predicted molar refractivity (Wildman–Crippen MR) is 97.0 cm³/mol. The van der Waals surface area contributed by atoms with Crippen molar-refractivity contribution in [1.29, 1.82) is 0 Å². The van der Waals surface area contributed by atoms with Crippen molar-refractivity contribution in [3.63, 3.8) is 0 Å². The van der Waals surface area contributed by atoms with Crippen LogP contribution in [0.5, 0.6) is 0 Å². The maximum Gasteiger partial charge on any atom is 0.287 e. The minimum absolute atomic E-state index is 0.371. The molecule has 3 nitrogen and oxygen atoms in total. The second-order valence-corrected chi connectivity index (χ2v) is 6.63. The summed E-state index contributed by atoms with van der Waals surface area (Å²) in [6.07, 6.45) is 7.88. The standard InChI is InChI=1S/C15H34B3N3/c1-6-13(7-2)10-11-15(12(5)14(8-3)9-4)18-20-16-19-17-21-18/h12-15,19-21H,6-11H2,1-5H3. The molecule has 0 spiro atoms. The normalized spacial score (nSPS) is 18.5. The first kappa shape index (κ1) is 19.1. The highest BCUT2D eigenvalue weighted by molar-refractivity contribution is 6.76. The van der Waals surface area contributed by atoms with Gasteiger partial charge in [0.05, 0.1) is 0 Å². The maximum atomic E-state index is 3.48. The number of nitrogens with one attached hydrogen (secondary N) is 3. The zero-order valence-electron chi connectivity index (χ0n) is 14.8. The van der Waals surface area contributed by atoms with Crippen LogP contribution in [0.25, 0.3) is 0 Å². The summed E-state index contributed by atoms with van der Waals surface area (Å²) in [4.78, 5) is 0. The average molecular weight is 289 g/mol. The lowest BCUT2D eigenvalue weighted by Gasteiger charge is -2.37. The number of hydrogen-bond acceptors (Lipinski definition) is 3. The average Bonchev–Trinajstić information content (AvgIpc) is 2.53. The topological polar surface area (TPSA) is 36.1 Å². The first-order chi connectivity index (χ1) is 10.2. The van der Waals surface area contributed by atoms with Crippen LogP contribution in [0.3, 0.4) is 0 Å². The minimum Gasteiger partial charge on any atom is -0.379 e. The molecule has 0 aromatic carbocycles. The first-order valence-electron chi connectivity index (χ1n) is 9.09. The monoisotopic (exact) mass is 289 g/mol. The van der Waals surface area contributed by atoms with Crippen molar-refractivity contribution in [2.75, 3.05) is 0 Å². The Morgan fingerprint density at radius 3 is 1.90 bits per heavy atom. The van der Waals surface area contributed by atoms with E-state index in [4.69, 9.17) is 0 Å². The smallest absolute Gasteiger partial charge is 0.287 e. The summed E-state index contributed by atoms with van der Waals surface area (Å²) in [6.45, 7) is 12.2. The van der Waals surface area contributed by atoms with Gasteiger partial charge in [-0.05, 0) is 23.6 Å². The molecule has 3 N–H and O–H groups in total. The van der Waals surface area contributed by atoms with Gasteiger partial charge < -0.3 is 15.4 Å². The molecular weight excluding hydrogens is 255 g/mol. The largest absolute Gasteiger partial charge is 0.379 e. The van der Waals surface area contributed by atoms with Crippen molar-refractivity contribution in [2.24, 2.45) is 17.8 Å². The van der Waals surface area contributed by atoms with E-state index >= 15 is 0 Å². The fraction of sp³-hybridized carbons (Fsp3) is 1.00. The van der Waals surface area contributed by atoms with Crippen molar-refractivity contribution in [3.05, 3.63) is 0 Å². The number of hydrogen-bond donors (Lipinski definition) is 3.